The molecule has 0 saturated heterocycles. The van der Waals surface area contributed by atoms with Gasteiger partial charge in [0.15, 0.2) is 0 Å². The van der Waals surface area contributed by atoms with Crippen molar-refractivity contribution in [3.05, 3.63) is 0 Å². The molecule has 0 fully saturated rings. The van der Waals surface area contributed by atoms with Crippen molar-refractivity contribution in [3.63, 3.8) is 0 Å². The topological polar surface area (TPSA) is 0 Å². The molecule has 0 aliphatic heterocycles. The Morgan fingerprint density at radius 1 is 1.20 bits per heavy atom. The van der Waals surface area contributed by atoms with Gasteiger partial charge in [0.2, 0.25) is 0 Å². The van der Waals surface area contributed by atoms with Crippen LogP contribution in [-0.4, -0.2) is 16.0 Å². The normalized spacial score (nSPS) is 12.0. The van der Waals surface area contributed by atoms with Crippen molar-refractivity contribution in [2.45, 2.75) is 5.80 Å². The summed E-state index contributed by atoms with van der Waals surface area (Å²) in [5.74, 6) is -3.97. The molecule has 1 radical (unpaired) electrons. The van der Waals surface area contributed by atoms with Crippen molar-refractivity contribution in [2.75, 3.05) is 0 Å². The van der Waals surface area contributed by atoms with Gasteiger partial charge >= 0.3 is 5.80 Å². The van der Waals surface area contributed by atoms with E-state index in [-0.39, 0.29) is 10.2 Å². The van der Waals surface area contributed by atoms with Crippen LogP contribution in [0, 0.1) is 0 Å². The highest BCUT2D eigenvalue weighted by Crippen LogP contribution is 2.05. The summed E-state index contributed by atoms with van der Waals surface area (Å²) in [5.41, 5.74) is 0. The molecule has 31 valence electrons. The van der Waals surface area contributed by atoms with Crippen LogP contribution in [0.2, 0.25) is 0 Å². The highest BCUT2D eigenvalue weighted by atomic mass is 28.1. The fraction of sp³-hybridized carbons (Fsp3) is 1.00. The van der Waals surface area contributed by atoms with E-state index < -0.39 is 5.80 Å². The van der Waals surface area contributed by atoms with Crippen LogP contribution in [0.5, 0.6) is 0 Å². The first-order valence-electron chi connectivity index (χ1n) is 0.921. The Morgan fingerprint density at radius 3 is 1.20 bits per heavy atom. The molecule has 0 aliphatic rings. The maximum Gasteiger partial charge on any atom is 0.352 e. The van der Waals surface area contributed by atoms with Crippen LogP contribution in [0.25, 0.3) is 0 Å². The quantitative estimate of drug-likeness (QED) is 0.379. The highest BCUT2D eigenvalue weighted by molar-refractivity contribution is 6.11. The monoisotopic (exact) mass is 99.0 g/mol. The third kappa shape index (κ3) is 341000. The fourth-order valence-corrected chi connectivity index (χ4v) is 0. The van der Waals surface area contributed by atoms with Crippen LogP contribution in [0.15, 0.2) is 0 Å². The van der Waals surface area contributed by atoms with Gasteiger partial charge in [-0.05, 0) is 0 Å². The molecule has 4 heteroatoms. The molecular formula is CH2F3Si. The molecule has 0 bridgehead atoms. The lowest BCUT2D eigenvalue weighted by atomic mass is 11.5. The summed E-state index contributed by atoms with van der Waals surface area (Å²) < 4.78 is 31.1. The van der Waals surface area contributed by atoms with Crippen molar-refractivity contribution in [1.29, 1.82) is 0 Å². The van der Waals surface area contributed by atoms with Crippen molar-refractivity contribution < 1.29 is 13.2 Å². The Labute approximate surface area is 30.4 Å². The average molecular weight is 99.1 g/mol. The van der Waals surface area contributed by atoms with Crippen LogP contribution < -0.4 is 0 Å². The van der Waals surface area contributed by atoms with Gasteiger partial charge in [-0.15, -0.1) is 0 Å². The molecule has 0 N–H and O–H groups in total. The summed E-state index contributed by atoms with van der Waals surface area (Å²) in [6.07, 6.45) is 0. The highest BCUT2D eigenvalue weighted by Gasteiger charge is 2.15. The summed E-state index contributed by atoms with van der Waals surface area (Å²) in [4.78, 5) is 0. The number of hydrogen-bond donors (Lipinski definition) is 0. The Bertz CT molecular complexity index is 22.4. The van der Waals surface area contributed by atoms with Gasteiger partial charge in [-0.1, -0.05) is 0 Å². The predicted molar refractivity (Wildman–Crippen MR) is 14.6 cm³/mol. The largest absolute Gasteiger partial charge is 0.352 e. The Hall–Kier alpha value is 0.00688. The first-order valence-corrected chi connectivity index (χ1v) is 1.63. The van der Waals surface area contributed by atoms with Crippen LogP contribution in [0.1, 0.15) is 0 Å². The second-order valence-corrected chi connectivity index (χ2v) is 1.42. The van der Waals surface area contributed by atoms with Crippen molar-refractivity contribution in [2.24, 2.45) is 0 Å². The van der Waals surface area contributed by atoms with E-state index >= 15 is 0 Å². The first-order chi connectivity index (χ1) is 2.00. The Morgan fingerprint density at radius 2 is 1.20 bits per heavy atom. The second-order valence-electron chi connectivity index (χ2n) is 0.615. The van der Waals surface area contributed by atoms with Crippen LogP contribution in [0.3, 0.4) is 0 Å². The zero-order chi connectivity index (χ0) is 4.50. The predicted octanol–water partition coefficient (Wildman–Crippen LogP) is 0.139. The number of alkyl halides is 3. The zero-order valence-corrected chi connectivity index (χ0v) is 3.76. The molecule has 0 saturated carbocycles. The first kappa shape index (κ1) is 5.01. The number of rotatable bonds is 0. The summed E-state index contributed by atoms with van der Waals surface area (Å²) >= 11 is 0. The van der Waals surface area contributed by atoms with Gasteiger partial charge in [-0.2, -0.15) is 13.2 Å². The van der Waals surface area contributed by atoms with E-state index in [9.17, 15) is 13.2 Å². The van der Waals surface area contributed by atoms with Crippen molar-refractivity contribution in [1.82, 2.24) is 0 Å². The summed E-state index contributed by atoms with van der Waals surface area (Å²) in [6.45, 7) is 0. The zero-order valence-electron chi connectivity index (χ0n) is 2.34. The molecule has 0 amide bonds. The maximum absolute atomic E-state index is 10.4. The van der Waals surface area contributed by atoms with Crippen LogP contribution in [-0.2, 0) is 0 Å². The van der Waals surface area contributed by atoms with Crippen LogP contribution in [0.4, 0.5) is 13.2 Å². The Kier molecular flexibility index (Phi) is 1.01. The van der Waals surface area contributed by atoms with Gasteiger partial charge in [0.1, 0.15) is 10.2 Å². The summed E-state index contributed by atoms with van der Waals surface area (Å²) in [6, 6.07) is 0. The molecule has 0 unspecified atom stereocenters. The van der Waals surface area contributed by atoms with E-state index in [0.717, 1.165) is 0 Å². The lowest BCUT2D eigenvalue weighted by Gasteiger charge is -1.89. The lowest BCUT2D eigenvalue weighted by Crippen LogP contribution is -2.03. The number of hydrogen-bond acceptors (Lipinski definition) is 0. The minimum Gasteiger partial charge on any atom is -0.178 e. The SMILES string of the molecule is FC(F)(F)[SiH2]. The maximum atomic E-state index is 10.4. The van der Waals surface area contributed by atoms with E-state index in [2.05, 4.69) is 0 Å². The molecular weight excluding hydrogens is 97.1 g/mol. The van der Waals surface area contributed by atoms with Gasteiger partial charge in [-0.3, -0.25) is 0 Å². The van der Waals surface area contributed by atoms with E-state index in [4.69, 9.17) is 0 Å². The van der Waals surface area contributed by atoms with Crippen molar-refractivity contribution in [3.8, 4) is 0 Å². The average Bonchev–Trinajstić information content (AvgIpc) is 0.722. The summed E-state index contributed by atoms with van der Waals surface area (Å²) in [7, 11) is 0.0116. The molecule has 0 aromatic carbocycles. The molecule has 0 spiro atoms. The van der Waals surface area contributed by atoms with Gasteiger partial charge in [-0.25, -0.2) is 0 Å². The molecule has 5 heavy (non-hydrogen) atoms. The Balaban J connectivity index is 3.02. The van der Waals surface area contributed by atoms with E-state index in [1.807, 2.05) is 0 Å². The van der Waals surface area contributed by atoms with Gasteiger partial charge in [0.25, 0.3) is 0 Å². The molecule has 0 aliphatic carbocycles. The second kappa shape index (κ2) is 1.00. The van der Waals surface area contributed by atoms with Crippen LogP contribution >= 0.6 is 0 Å². The third-order valence-electron chi connectivity index (χ3n) is 0. The molecule has 0 atom stereocenters. The molecule has 0 heterocycles. The van der Waals surface area contributed by atoms with Crippen molar-refractivity contribution >= 4 is 10.2 Å². The third-order valence-corrected chi connectivity index (χ3v) is 0. The minimum atomic E-state index is -3.97. The van der Waals surface area contributed by atoms with Gasteiger partial charge < -0.3 is 0 Å². The van der Waals surface area contributed by atoms with Gasteiger partial charge in [0, 0.05) is 0 Å². The molecule has 0 rings (SSSR count). The minimum absolute atomic E-state index is 0.0116. The number of halogens is 3. The summed E-state index contributed by atoms with van der Waals surface area (Å²) in [5, 5.41) is 0. The molecule has 0 aromatic heterocycles. The lowest BCUT2D eigenvalue weighted by molar-refractivity contribution is -0.0429. The fourth-order valence-electron chi connectivity index (χ4n) is 0. The van der Waals surface area contributed by atoms with E-state index in [1.165, 1.54) is 0 Å². The van der Waals surface area contributed by atoms with E-state index in [0.29, 0.717) is 0 Å². The van der Waals surface area contributed by atoms with E-state index in [1.54, 1.807) is 0 Å². The molecule has 0 nitrogen and oxygen atoms in total. The standard InChI is InChI=1S/CH2F3Si/c2-1(3,4)5/h5H2. The van der Waals surface area contributed by atoms with Gasteiger partial charge in [0.05, 0.1) is 0 Å². The molecule has 0 aromatic rings. The smallest absolute Gasteiger partial charge is 0.178 e.